The van der Waals surface area contributed by atoms with E-state index < -0.39 is 0 Å². The van der Waals surface area contributed by atoms with Crippen LogP contribution >= 0.6 is 0 Å². The van der Waals surface area contributed by atoms with Gasteiger partial charge in [-0.2, -0.15) is 0 Å². The minimum Gasteiger partial charge on any atom is -0.352 e. The maximum Gasteiger partial charge on any atom is 0.184 e. The number of methoxy groups -OCH3 is 2. The molecule has 0 amide bonds. The van der Waals surface area contributed by atoms with Gasteiger partial charge in [0.25, 0.3) is 0 Å². The van der Waals surface area contributed by atoms with Crippen LogP contribution in [0.2, 0.25) is 0 Å². The molecule has 0 radical (unpaired) electrons. The molecular weight excluding hydrogens is 250 g/mol. The molecule has 1 aromatic heterocycles. The average molecular weight is 271 g/mol. The van der Waals surface area contributed by atoms with Gasteiger partial charge in [-0.05, 0) is 50.3 Å². The lowest BCUT2D eigenvalue weighted by Gasteiger charge is -2.20. The summed E-state index contributed by atoms with van der Waals surface area (Å²) >= 11 is 0. The fourth-order valence-electron chi connectivity index (χ4n) is 3.35. The number of benzene rings is 1. The van der Waals surface area contributed by atoms with Crippen molar-refractivity contribution < 1.29 is 9.47 Å². The first-order chi connectivity index (χ1) is 9.65. The normalized spacial score (nSPS) is 14.2. The van der Waals surface area contributed by atoms with E-state index in [1.807, 2.05) is 0 Å². The van der Waals surface area contributed by atoms with Crippen LogP contribution in [0, 0.1) is 13.8 Å². The van der Waals surface area contributed by atoms with Crippen molar-refractivity contribution in [2.75, 3.05) is 14.2 Å². The first kappa shape index (κ1) is 13.5. The van der Waals surface area contributed by atoms with Gasteiger partial charge in [-0.3, -0.25) is 4.98 Å². The summed E-state index contributed by atoms with van der Waals surface area (Å²) in [5.74, 6) is 0. The number of nitrogens with zero attached hydrogens (tertiary/aromatic N) is 1. The highest BCUT2D eigenvalue weighted by Crippen LogP contribution is 2.36. The van der Waals surface area contributed by atoms with Gasteiger partial charge >= 0.3 is 0 Å². The third-order valence-electron chi connectivity index (χ3n) is 4.16. The summed E-state index contributed by atoms with van der Waals surface area (Å²) in [6.45, 7) is 4.25. The van der Waals surface area contributed by atoms with Crippen LogP contribution in [0.3, 0.4) is 0 Å². The van der Waals surface area contributed by atoms with Gasteiger partial charge in [-0.15, -0.1) is 0 Å². The maximum atomic E-state index is 5.55. The molecular formula is C17H21NO2. The number of pyridine rings is 1. The predicted octanol–water partition coefficient (Wildman–Crippen LogP) is 3.63. The Labute approximate surface area is 119 Å². The fraction of sp³-hybridized carbons (Fsp3) is 0.471. The Morgan fingerprint density at radius 3 is 2.55 bits per heavy atom. The number of rotatable bonds is 3. The minimum atomic E-state index is -0.312. The molecule has 0 bridgehead atoms. The van der Waals surface area contributed by atoms with E-state index in [2.05, 4.69) is 26.0 Å². The molecule has 3 rings (SSSR count). The molecule has 0 saturated carbocycles. The second kappa shape index (κ2) is 5.15. The highest BCUT2D eigenvalue weighted by molar-refractivity contribution is 5.87. The molecule has 0 unspecified atom stereocenters. The molecule has 2 aromatic rings. The number of fused-ring (bicyclic) bond motifs is 2. The lowest BCUT2D eigenvalue weighted by Crippen LogP contribution is -2.10. The number of hydrogen-bond acceptors (Lipinski definition) is 3. The third kappa shape index (κ3) is 2.02. The van der Waals surface area contributed by atoms with E-state index in [-0.39, 0.29) is 6.29 Å². The smallest absolute Gasteiger partial charge is 0.184 e. The topological polar surface area (TPSA) is 31.4 Å². The van der Waals surface area contributed by atoms with Crippen molar-refractivity contribution >= 4 is 10.9 Å². The average Bonchev–Trinajstić information content (AvgIpc) is 2.88. The monoisotopic (exact) mass is 271 g/mol. The Kier molecular flexibility index (Phi) is 3.48. The van der Waals surface area contributed by atoms with E-state index in [0.29, 0.717) is 0 Å². The summed E-state index contributed by atoms with van der Waals surface area (Å²) in [5, 5.41) is 1.18. The van der Waals surface area contributed by atoms with Gasteiger partial charge < -0.3 is 9.47 Å². The Bertz CT molecular complexity index is 660. The van der Waals surface area contributed by atoms with Gasteiger partial charge in [0, 0.05) is 30.9 Å². The molecule has 1 aromatic carbocycles. The van der Waals surface area contributed by atoms with Crippen LogP contribution in [0.15, 0.2) is 12.1 Å². The highest BCUT2D eigenvalue weighted by atomic mass is 16.7. The van der Waals surface area contributed by atoms with E-state index >= 15 is 0 Å². The van der Waals surface area contributed by atoms with Crippen LogP contribution in [-0.4, -0.2) is 19.2 Å². The molecule has 1 aliphatic rings. The number of aromatic nitrogens is 1. The van der Waals surface area contributed by atoms with E-state index in [1.54, 1.807) is 14.2 Å². The lowest BCUT2D eigenvalue weighted by molar-refractivity contribution is -0.105. The van der Waals surface area contributed by atoms with E-state index in [4.69, 9.17) is 14.5 Å². The van der Waals surface area contributed by atoms with Crippen LogP contribution < -0.4 is 0 Å². The lowest BCUT2D eigenvalue weighted by atomic mass is 9.97. The van der Waals surface area contributed by atoms with Crippen molar-refractivity contribution in [1.29, 1.82) is 0 Å². The Morgan fingerprint density at radius 2 is 1.85 bits per heavy atom. The molecule has 0 N–H and O–H groups in total. The fourth-order valence-corrected chi connectivity index (χ4v) is 3.35. The molecule has 1 heterocycles. The standard InChI is InChI=1S/C17H21NO2/c1-10-8-11(2)16-13(9-10)15(17(19-3)20-4)12-6-5-7-14(12)18-16/h8-9,17H,5-7H2,1-4H3. The van der Waals surface area contributed by atoms with Crippen molar-refractivity contribution in [2.45, 2.75) is 39.4 Å². The molecule has 0 saturated heterocycles. The van der Waals surface area contributed by atoms with Crippen LogP contribution in [-0.2, 0) is 22.3 Å². The van der Waals surface area contributed by atoms with Crippen LogP contribution in [0.25, 0.3) is 10.9 Å². The van der Waals surface area contributed by atoms with E-state index in [0.717, 1.165) is 18.4 Å². The van der Waals surface area contributed by atoms with Gasteiger partial charge in [0.15, 0.2) is 6.29 Å². The Morgan fingerprint density at radius 1 is 1.10 bits per heavy atom. The highest BCUT2D eigenvalue weighted by Gasteiger charge is 2.25. The second-order valence-corrected chi connectivity index (χ2v) is 5.59. The first-order valence-corrected chi connectivity index (χ1v) is 7.14. The van der Waals surface area contributed by atoms with Crippen molar-refractivity contribution in [3.05, 3.63) is 40.1 Å². The third-order valence-corrected chi connectivity index (χ3v) is 4.16. The summed E-state index contributed by atoms with van der Waals surface area (Å²) in [6, 6.07) is 4.39. The maximum absolute atomic E-state index is 5.55. The summed E-state index contributed by atoms with van der Waals surface area (Å²) in [4.78, 5) is 4.90. The van der Waals surface area contributed by atoms with Gasteiger partial charge in [0.2, 0.25) is 0 Å². The number of aryl methyl sites for hydroxylation is 3. The Hall–Kier alpha value is -1.45. The van der Waals surface area contributed by atoms with Crippen molar-refractivity contribution in [1.82, 2.24) is 4.98 Å². The van der Waals surface area contributed by atoms with Crippen LogP contribution in [0.1, 0.15) is 40.7 Å². The molecule has 3 nitrogen and oxygen atoms in total. The number of ether oxygens (including phenoxy) is 2. The molecule has 3 heteroatoms. The summed E-state index contributed by atoms with van der Waals surface area (Å²) in [7, 11) is 3.40. The molecule has 0 aliphatic heterocycles. The zero-order chi connectivity index (χ0) is 14.3. The zero-order valence-electron chi connectivity index (χ0n) is 12.6. The van der Waals surface area contributed by atoms with E-state index in [1.165, 1.54) is 39.8 Å². The molecule has 20 heavy (non-hydrogen) atoms. The minimum absolute atomic E-state index is 0.312. The second-order valence-electron chi connectivity index (χ2n) is 5.59. The molecule has 1 aliphatic carbocycles. The first-order valence-electron chi connectivity index (χ1n) is 7.14. The molecule has 0 spiro atoms. The van der Waals surface area contributed by atoms with Gasteiger partial charge in [0.05, 0.1) is 5.52 Å². The van der Waals surface area contributed by atoms with E-state index in [9.17, 15) is 0 Å². The summed E-state index contributed by atoms with van der Waals surface area (Å²) in [5.41, 5.74) is 7.29. The SMILES string of the molecule is COC(OC)c1c2c(nc3c(C)cc(C)cc13)CCC2. The summed E-state index contributed by atoms with van der Waals surface area (Å²) < 4.78 is 11.1. The quantitative estimate of drug-likeness (QED) is 0.799. The van der Waals surface area contributed by atoms with Gasteiger partial charge in [0.1, 0.15) is 0 Å². The molecule has 0 atom stereocenters. The van der Waals surface area contributed by atoms with Crippen molar-refractivity contribution in [3.8, 4) is 0 Å². The predicted molar refractivity (Wildman–Crippen MR) is 80.0 cm³/mol. The van der Waals surface area contributed by atoms with Gasteiger partial charge in [-0.25, -0.2) is 0 Å². The van der Waals surface area contributed by atoms with Crippen LogP contribution in [0.4, 0.5) is 0 Å². The molecule has 106 valence electrons. The van der Waals surface area contributed by atoms with Crippen molar-refractivity contribution in [2.24, 2.45) is 0 Å². The van der Waals surface area contributed by atoms with Crippen molar-refractivity contribution in [3.63, 3.8) is 0 Å². The zero-order valence-corrected chi connectivity index (χ0v) is 12.6. The largest absolute Gasteiger partial charge is 0.352 e. The molecule has 0 fully saturated rings. The summed E-state index contributed by atoms with van der Waals surface area (Å²) in [6.07, 6.45) is 2.99. The van der Waals surface area contributed by atoms with Gasteiger partial charge in [-0.1, -0.05) is 11.6 Å². The Balaban J connectivity index is 2.39. The number of hydrogen-bond donors (Lipinski definition) is 0. The van der Waals surface area contributed by atoms with Crippen LogP contribution in [0.5, 0.6) is 0 Å².